The third-order valence-electron chi connectivity index (χ3n) is 3.23. The third kappa shape index (κ3) is 3.97. The molecule has 1 aliphatic heterocycles. The monoisotopic (exact) mass is 198 g/mol. The molecule has 1 unspecified atom stereocenters. The van der Waals surface area contributed by atoms with Crippen LogP contribution in [-0.2, 0) is 0 Å². The Hall–Kier alpha value is -0.0800. The van der Waals surface area contributed by atoms with Crippen molar-refractivity contribution in [3.63, 3.8) is 0 Å². The smallest absolute Gasteiger partial charge is 0.00218 e. The maximum absolute atomic E-state index is 2.59. The second kappa shape index (κ2) is 6.41. The highest BCUT2D eigenvalue weighted by Gasteiger charge is 2.19. The summed E-state index contributed by atoms with van der Waals surface area (Å²) in [6, 6.07) is 0. The molecule has 2 heteroatoms. The molecule has 0 aromatic carbocycles. The molecule has 0 spiro atoms. The molecular weight excluding hydrogens is 172 g/mol. The van der Waals surface area contributed by atoms with Gasteiger partial charge in [-0.15, -0.1) is 0 Å². The highest BCUT2D eigenvalue weighted by molar-refractivity contribution is 4.74. The van der Waals surface area contributed by atoms with Gasteiger partial charge in [0.2, 0.25) is 0 Å². The van der Waals surface area contributed by atoms with Crippen molar-refractivity contribution < 1.29 is 0 Å². The topological polar surface area (TPSA) is 6.48 Å². The van der Waals surface area contributed by atoms with Crippen molar-refractivity contribution in [1.82, 2.24) is 9.80 Å². The van der Waals surface area contributed by atoms with Crippen molar-refractivity contribution in [1.29, 1.82) is 0 Å². The number of piperidine rings is 1. The zero-order valence-electron chi connectivity index (χ0n) is 10.1. The number of hydrogen-bond donors (Lipinski definition) is 0. The molecule has 1 atom stereocenters. The van der Waals surface area contributed by atoms with Gasteiger partial charge in [0, 0.05) is 13.1 Å². The molecule has 1 rings (SSSR count). The maximum atomic E-state index is 2.59. The predicted molar refractivity (Wildman–Crippen MR) is 62.6 cm³/mol. The van der Waals surface area contributed by atoms with Crippen LogP contribution in [0.25, 0.3) is 0 Å². The minimum absolute atomic E-state index is 0.917. The van der Waals surface area contributed by atoms with Gasteiger partial charge in [-0.2, -0.15) is 0 Å². The molecule has 0 aliphatic carbocycles. The molecule has 0 amide bonds. The summed E-state index contributed by atoms with van der Waals surface area (Å²) in [7, 11) is 2.26. The molecule has 1 fully saturated rings. The summed E-state index contributed by atoms with van der Waals surface area (Å²) in [5, 5.41) is 0. The average Bonchev–Trinajstić information content (AvgIpc) is 2.18. The minimum atomic E-state index is 0.917. The molecule has 0 radical (unpaired) electrons. The number of hydrogen-bond acceptors (Lipinski definition) is 2. The highest BCUT2D eigenvalue weighted by Crippen LogP contribution is 2.16. The predicted octanol–water partition coefficient (Wildman–Crippen LogP) is 2.06. The quantitative estimate of drug-likeness (QED) is 0.667. The van der Waals surface area contributed by atoms with Crippen LogP contribution in [0.1, 0.15) is 33.1 Å². The van der Waals surface area contributed by atoms with Crippen molar-refractivity contribution in [3.8, 4) is 0 Å². The van der Waals surface area contributed by atoms with E-state index in [9.17, 15) is 0 Å². The maximum Gasteiger partial charge on any atom is 0.00218 e. The Labute approximate surface area is 89.3 Å². The molecule has 0 aromatic heterocycles. The van der Waals surface area contributed by atoms with Crippen molar-refractivity contribution in [2.24, 2.45) is 5.92 Å². The van der Waals surface area contributed by atoms with Crippen molar-refractivity contribution in [2.45, 2.75) is 33.1 Å². The molecule has 0 saturated carbocycles. The SMILES string of the molecule is CCCN(C)CC1CCCN(CC)C1. The molecule has 2 nitrogen and oxygen atoms in total. The highest BCUT2D eigenvalue weighted by atomic mass is 15.1. The average molecular weight is 198 g/mol. The van der Waals surface area contributed by atoms with E-state index in [1.165, 1.54) is 52.0 Å². The van der Waals surface area contributed by atoms with Gasteiger partial charge < -0.3 is 9.80 Å². The molecule has 0 bridgehead atoms. The van der Waals surface area contributed by atoms with Gasteiger partial charge in [-0.25, -0.2) is 0 Å². The lowest BCUT2D eigenvalue weighted by molar-refractivity contribution is 0.149. The summed E-state index contributed by atoms with van der Waals surface area (Å²) in [4.78, 5) is 5.08. The van der Waals surface area contributed by atoms with Crippen LogP contribution < -0.4 is 0 Å². The summed E-state index contributed by atoms with van der Waals surface area (Å²) in [5.74, 6) is 0.917. The summed E-state index contributed by atoms with van der Waals surface area (Å²) in [6.45, 7) is 11.0. The van der Waals surface area contributed by atoms with Crippen molar-refractivity contribution in [2.75, 3.05) is 39.8 Å². The molecule has 0 N–H and O–H groups in total. The molecule has 14 heavy (non-hydrogen) atoms. The fourth-order valence-corrected chi connectivity index (χ4v) is 2.50. The normalized spacial score (nSPS) is 24.4. The number of nitrogens with zero attached hydrogens (tertiary/aromatic N) is 2. The van der Waals surface area contributed by atoms with Gasteiger partial charge in [0.15, 0.2) is 0 Å². The van der Waals surface area contributed by atoms with E-state index in [4.69, 9.17) is 0 Å². The molecule has 0 aromatic rings. The fraction of sp³-hybridized carbons (Fsp3) is 1.00. The third-order valence-corrected chi connectivity index (χ3v) is 3.23. The van der Waals surface area contributed by atoms with E-state index in [1.54, 1.807) is 0 Å². The zero-order chi connectivity index (χ0) is 10.4. The van der Waals surface area contributed by atoms with Gasteiger partial charge in [-0.1, -0.05) is 13.8 Å². The largest absolute Gasteiger partial charge is 0.306 e. The lowest BCUT2D eigenvalue weighted by Gasteiger charge is -2.34. The second-order valence-electron chi connectivity index (χ2n) is 4.66. The minimum Gasteiger partial charge on any atom is -0.306 e. The van der Waals surface area contributed by atoms with Crippen LogP contribution in [0, 0.1) is 5.92 Å². The lowest BCUT2D eigenvalue weighted by atomic mass is 9.97. The molecule has 1 aliphatic rings. The van der Waals surface area contributed by atoms with E-state index < -0.39 is 0 Å². The van der Waals surface area contributed by atoms with Crippen LogP contribution >= 0.6 is 0 Å². The lowest BCUT2D eigenvalue weighted by Crippen LogP contribution is -2.40. The summed E-state index contributed by atoms with van der Waals surface area (Å²) < 4.78 is 0. The Bertz CT molecular complexity index is 147. The van der Waals surface area contributed by atoms with E-state index in [2.05, 4.69) is 30.7 Å². The van der Waals surface area contributed by atoms with Crippen LogP contribution in [0.4, 0.5) is 0 Å². The van der Waals surface area contributed by atoms with Crippen LogP contribution in [-0.4, -0.2) is 49.6 Å². The summed E-state index contributed by atoms with van der Waals surface area (Å²) >= 11 is 0. The Balaban J connectivity index is 2.22. The summed E-state index contributed by atoms with van der Waals surface area (Å²) in [5.41, 5.74) is 0. The van der Waals surface area contributed by atoms with Gasteiger partial charge in [0.1, 0.15) is 0 Å². The first-order valence-corrected chi connectivity index (χ1v) is 6.17. The first kappa shape index (κ1) is 12.0. The summed E-state index contributed by atoms with van der Waals surface area (Å²) in [6.07, 6.45) is 4.11. The first-order valence-electron chi connectivity index (χ1n) is 6.17. The van der Waals surface area contributed by atoms with Crippen LogP contribution in [0.3, 0.4) is 0 Å². The van der Waals surface area contributed by atoms with Gasteiger partial charge in [-0.3, -0.25) is 0 Å². The van der Waals surface area contributed by atoms with E-state index in [0.29, 0.717) is 0 Å². The Morgan fingerprint density at radius 2 is 2.14 bits per heavy atom. The molecule has 1 saturated heterocycles. The van der Waals surface area contributed by atoms with Gasteiger partial charge in [0.05, 0.1) is 0 Å². The van der Waals surface area contributed by atoms with E-state index in [1.807, 2.05) is 0 Å². The van der Waals surface area contributed by atoms with E-state index >= 15 is 0 Å². The zero-order valence-corrected chi connectivity index (χ0v) is 10.1. The standard InChI is InChI=1S/C12H26N2/c1-4-8-13(3)10-12-7-6-9-14(5-2)11-12/h12H,4-11H2,1-3H3. The van der Waals surface area contributed by atoms with Gasteiger partial charge in [0.25, 0.3) is 0 Å². The van der Waals surface area contributed by atoms with Crippen LogP contribution in [0.5, 0.6) is 0 Å². The molecular formula is C12H26N2. The van der Waals surface area contributed by atoms with Crippen LogP contribution in [0.15, 0.2) is 0 Å². The van der Waals surface area contributed by atoms with Crippen molar-refractivity contribution >= 4 is 0 Å². The Morgan fingerprint density at radius 1 is 1.36 bits per heavy atom. The van der Waals surface area contributed by atoms with E-state index in [0.717, 1.165) is 5.92 Å². The second-order valence-corrected chi connectivity index (χ2v) is 4.66. The Kier molecular flexibility index (Phi) is 5.49. The van der Waals surface area contributed by atoms with E-state index in [-0.39, 0.29) is 0 Å². The van der Waals surface area contributed by atoms with Gasteiger partial charge in [-0.05, 0) is 51.9 Å². The Morgan fingerprint density at radius 3 is 2.79 bits per heavy atom. The molecule has 84 valence electrons. The number of rotatable bonds is 5. The van der Waals surface area contributed by atoms with Crippen LogP contribution in [0.2, 0.25) is 0 Å². The molecule has 1 heterocycles. The fourth-order valence-electron chi connectivity index (χ4n) is 2.50. The first-order chi connectivity index (χ1) is 6.76. The number of likely N-dealkylation sites (tertiary alicyclic amines) is 1. The van der Waals surface area contributed by atoms with Gasteiger partial charge >= 0.3 is 0 Å². The van der Waals surface area contributed by atoms with Crippen molar-refractivity contribution in [3.05, 3.63) is 0 Å².